The Bertz CT molecular complexity index is 455. The van der Waals surface area contributed by atoms with Crippen molar-refractivity contribution < 1.29 is 32.4 Å². The van der Waals surface area contributed by atoms with Gasteiger partial charge in [-0.25, -0.2) is 0 Å². The standard InChI is InChI=1S/C9H9F3N2O4/c1-5-2-6(18-13-5)8(17)14(3-7(15)16)4-9(10,11)12/h2H,3-4H2,1H3,(H,15,16). The first-order chi connectivity index (χ1) is 8.19. The molecule has 0 aliphatic rings. The number of halogens is 3. The molecule has 0 radical (unpaired) electrons. The lowest BCUT2D eigenvalue weighted by molar-refractivity contribution is -0.149. The van der Waals surface area contributed by atoms with Crippen LogP contribution in [-0.4, -0.2) is 46.3 Å². The molecule has 18 heavy (non-hydrogen) atoms. The van der Waals surface area contributed by atoms with Crippen molar-refractivity contribution in [3.63, 3.8) is 0 Å². The molecule has 9 heteroatoms. The van der Waals surface area contributed by atoms with Crippen LogP contribution in [0.15, 0.2) is 10.6 Å². The van der Waals surface area contributed by atoms with E-state index in [0.29, 0.717) is 5.69 Å². The van der Waals surface area contributed by atoms with Gasteiger partial charge in [-0.3, -0.25) is 9.59 Å². The van der Waals surface area contributed by atoms with Gasteiger partial charge in [0.15, 0.2) is 0 Å². The molecule has 0 saturated carbocycles. The van der Waals surface area contributed by atoms with Gasteiger partial charge in [0, 0.05) is 6.07 Å². The Labute approximate surface area is 99.0 Å². The molecule has 1 N–H and O–H groups in total. The molecule has 0 atom stereocenters. The second kappa shape index (κ2) is 5.07. The average Bonchev–Trinajstić information content (AvgIpc) is 2.59. The smallest absolute Gasteiger partial charge is 0.406 e. The number of alkyl halides is 3. The number of aryl methyl sites for hydroxylation is 1. The van der Waals surface area contributed by atoms with Crippen molar-refractivity contribution in [3.8, 4) is 0 Å². The number of hydrogen-bond donors (Lipinski definition) is 1. The lowest BCUT2D eigenvalue weighted by Gasteiger charge is -2.20. The highest BCUT2D eigenvalue weighted by atomic mass is 19.4. The van der Waals surface area contributed by atoms with Crippen LogP contribution < -0.4 is 0 Å². The first kappa shape index (κ1) is 14.0. The number of carbonyl (C=O) groups is 2. The Hall–Kier alpha value is -2.06. The number of aliphatic carboxylic acids is 1. The Morgan fingerprint density at radius 1 is 1.50 bits per heavy atom. The lowest BCUT2D eigenvalue weighted by Crippen LogP contribution is -2.41. The van der Waals surface area contributed by atoms with Gasteiger partial charge < -0.3 is 14.5 Å². The van der Waals surface area contributed by atoms with Crippen LogP contribution in [0.3, 0.4) is 0 Å². The Morgan fingerprint density at radius 3 is 2.50 bits per heavy atom. The molecule has 0 aliphatic carbocycles. The summed E-state index contributed by atoms with van der Waals surface area (Å²) in [6, 6.07) is 1.13. The summed E-state index contributed by atoms with van der Waals surface area (Å²) in [4.78, 5) is 22.2. The molecule has 6 nitrogen and oxygen atoms in total. The van der Waals surface area contributed by atoms with Gasteiger partial charge in [0.05, 0.1) is 5.69 Å². The summed E-state index contributed by atoms with van der Waals surface area (Å²) >= 11 is 0. The molecule has 0 unspecified atom stereocenters. The lowest BCUT2D eigenvalue weighted by atomic mass is 10.3. The second-order valence-electron chi connectivity index (χ2n) is 3.50. The fourth-order valence-corrected chi connectivity index (χ4v) is 1.20. The maximum Gasteiger partial charge on any atom is 0.406 e. The van der Waals surface area contributed by atoms with Gasteiger partial charge in [-0.2, -0.15) is 13.2 Å². The van der Waals surface area contributed by atoms with Crippen molar-refractivity contribution in [3.05, 3.63) is 17.5 Å². The molecule has 0 spiro atoms. The maximum absolute atomic E-state index is 12.2. The largest absolute Gasteiger partial charge is 0.480 e. The molecule has 0 saturated heterocycles. The van der Waals surface area contributed by atoms with Crippen LogP contribution in [-0.2, 0) is 4.79 Å². The third-order valence-corrected chi connectivity index (χ3v) is 1.82. The number of carbonyl (C=O) groups excluding carboxylic acids is 1. The first-order valence-corrected chi connectivity index (χ1v) is 4.70. The summed E-state index contributed by atoms with van der Waals surface area (Å²) in [7, 11) is 0. The Kier molecular flexibility index (Phi) is 3.94. The molecule has 100 valence electrons. The summed E-state index contributed by atoms with van der Waals surface area (Å²) in [6.45, 7) is -1.26. The van der Waals surface area contributed by atoms with E-state index in [0.717, 1.165) is 6.07 Å². The van der Waals surface area contributed by atoms with Gasteiger partial charge in [0.2, 0.25) is 5.76 Å². The van der Waals surface area contributed by atoms with Crippen LogP contribution >= 0.6 is 0 Å². The Balaban J connectivity index is 2.88. The number of hydrogen-bond acceptors (Lipinski definition) is 4. The van der Waals surface area contributed by atoms with E-state index in [1.54, 1.807) is 0 Å². The molecule has 1 aromatic rings. The van der Waals surface area contributed by atoms with Crippen molar-refractivity contribution in [2.75, 3.05) is 13.1 Å². The molecule has 0 aliphatic heterocycles. The zero-order chi connectivity index (χ0) is 13.9. The minimum absolute atomic E-state index is 0.127. The summed E-state index contributed by atoms with van der Waals surface area (Å²) in [5.41, 5.74) is 0.306. The molecular weight excluding hydrogens is 257 g/mol. The van der Waals surface area contributed by atoms with Crippen molar-refractivity contribution in [2.45, 2.75) is 13.1 Å². The van der Waals surface area contributed by atoms with E-state index in [9.17, 15) is 22.8 Å². The molecule has 0 fully saturated rings. The van der Waals surface area contributed by atoms with E-state index in [-0.39, 0.29) is 4.90 Å². The number of nitrogens with zero attached hydrogens (tertiary/aromatic N) is 2. The highest BCUT2D eigenvalue weighted by molar-refractivity contribution is 5.93. The maximum atomic E-state index is 12.2. The van der Waals surface area contributed by atoms with Gasteiger partial charge in [-0.05, 0) is 6.92 Å². The number of aromatic nitrogens is 1. The summed E-state index contributed by atoms with van der Waals surface area (Å²) in [5.74, 6) is -3.16. The molecule has 1 aromatic heterocycles. The molecule has 0 aromatic carbocycles. The van der Waals surface area contributed by atoms with E-state index >= 15 is 0 Å². The highest BCUT2D eigenvalue weighted by Gasteiger charge is 2.35. The van der Waals surface area contributed by atoms with Crippen LogP contribution in [0.2, 0.25) is 0 Å². The van der Waals surface area contributed by atoms with Crippen molar-refractivity contribution in [2.24, 2.45) is 0 Å². The van der Waals surface area contributed by atoms with Crippen molar-refractivity contribution in [1.29, 1.82) is 0 Å². The van der Waals surface area contributed by atoms with E-state index in [1.807, 2.05) is 0 Å². The zero-order valence-electron chi connectivity index (χ0n) is 9.19. The third kappa shape index (κ3) is 4.07. The topological polar surface area (TPSA) is 83.6 Å². The quantitative estimate of drug-likeness (QED) is 0.881. The van der Waals surface area contributed by atoms with Crippen LogP contribution in [0, 0.1) is 6.92 Å². The predicted octanol–water partition coefficient (Wildman–Crippen LogP) is 1.07. The normalized spacial score (nSPS) is 11.3. The van der Waals surface area contributed by atoms with Crippen molar-refractivity contribution in [1.82, 2.24) is 10.1 Å². The minimum atomic E-state index is -4.69. The van der Waals surface area contributed by atoms with E-state index in [1.165, 1.54) is 6.92 Å². The molecular formula is C9H9F3N2O4. The molecule has 1 heterocycles. The monoisotopic (exact) mass is 266 g/mol. The number of rotatable bonds is 4. The zero-order valence-corrected chi connectivity index (χ0v) is 9.19. The summed E-state index contributed by atoms with van der Waals surface area (Å²) in [6.07, 6.45) is -4.69. The fourth-order valence-electron chi connectivity index (χ4n) is 1.20. The van der Waals surface area contributed by atoms with E-state index < -0.39 is 36.9 Å². The van der Waals surface area contributed by atoms with Gasteiger partial charge >= 0.3 is 12.1 Å². The second-order valence-corrected chi connectivity index (χ2v) is 3.50. The first-order valence-electron chi connectivity index (χ1n) is 4.70. The van der Waals surface area contributed by atoms with Crippen LogP contribution in [0.4, 0.5) is 13.2 Å². The number of amides is 1. The Morgan fingerprint density at radius 2 is 2.11 bits per heavy atom. The van der Waals surface area contributed by atoms with Crippen LogP contribution in [0.1, 0.15) is 16.2 Å². The minimum Gasteiger partial charge on any atom is -0.480 e. The molecule has 1 rings (SSSR count). The fraction of sp³-hybridized carbons (Fsp3) is 0.444. The summed E-state index contributed by atoms with van der Waals surface area (Å²) < 4.78 is 41.1. The van der Waals surface area contributed by atoms with Gasteiger partial charge in [0.1, 0.15) is 13.1 Å². The average molecular weight is 266 g/mol. The van der Waals surface area contributed by atoms with Gasteiger partial charge in [-0.1, -0.05) is 5.16 Å². The molecule has 0 bridgehead atoms. The van der Waals surface area contributed by atoms with E-state index in [4.69, 9.17) is 5.11 Å². The summed E-state index contributed by atoms with van der Waals surface area (Å²) in [5, 5.41) is 11.8. The van der Waals surface area contributed by atoms with Crippen LogP contribution in [0.5, 0.6) is 0 Å². The molecule has 1 amide bonds. The van der Waals surface area contributed by atoms with Gasteiger partial charge in [0.25, 0.3) is 5.91 Å². The SMILES string of the molecule is Cc1cc(C(=O)N(CC(=O)O)CC(F)(F)F)on1. The van der Waals surface area contributed by atoms with Crippen molar-refractivity contribution >= 4 is 11.9 Å². The predicted molar refractivity (Wildman–Crippen MR) is 50.8 cm³/mol. The highest BCUT2D eigenvalue weighted by Crippen LogP contribution is 2.18. The third-order valence-electron chi connectivity index (χ3n) is 1.82. The van der Waals surface area contributed by atoms with Gasteiger partial charge in [-0.15, -0.1) is 0 Å². The van der Waals surface area contributed by atoms with E-state index in [2.05, 4.69) is 9.68 Å². The van der Waals surface area contributed by atoms with Crippen LogP contribution in [0.25, 0.3) is 0 Å². The number of carboxylic acids is 1. The number of carboxylic acid groups (broad SMARTS) is 1.